The van der Waals surface area contributed by atoms with Gasteiger partial charge in [0.05, 0.1) is 6.10 Å². The number of benzene rings is 2. The van der Waals surface area contributed by atoms with Gasteiger partial charge in [-0.15, -0.1) is 0 Å². The Balaban J connectivity index is 1.92. The Morgan fingerprint density at radius 2 is 1.67 bits per heavy atom. The van der Waals surface area contributed by atoms with E-state index in [4.69, 9.17) is 4.74 Å². The van der Waals surface area contributed by atoms with Crippen molar-refractivity contribution in [3.63, 3.8) is 0 Å². The van der Waals surface area contributed by atoms with Crippen LogP contribution in [-0.2, 0) is 6.18 Å². The molecule has 0 amide bonds. The minimum Gasteiger partial charge on any atom is -0.491 e. The number of anilines is 4. The fraction of sp³-hybridized carbons (Fsp3) is 0.238. The summed E-state index contributed by atoms with van der Waals surface area (Å²) in [4.78, 5) is 9.71. The monoisotopic (exact) mass is 528 g/mol. The number of hydrogen-bond acceptors (Lipinski definition) is 5. The molecule has 0 saturated heterocycles. The maximum absolute atomic E-state index is 13.5. The Bertz CT molecular complexity index is 993. The first kappa shape index (κ1) is 22.1. The largest absolute Gasteiger partial charge is 0.491 e. The number of nitrogens with one attached hydrogen (secondary N) is 1. The zero-order valence-corrected chi connectivity index (χ0v) is 18.7. The zero-order chi connectivity index (χ0) is 21.9. The van der Waals surface area contributed by atoms with Gasteiger partial charge in [-0.2, -0.15) is 18.2 Å². The first-order chi connectivity index (χ1) is 14.1. The summed E-state index contributed by atoms with van der Waals surface area (Å²) in [5.41, 5.74) is 0.277. The van der Waals surface area contributed by atoms with Crippen molar-refractivity contribution in [3.05, 3.63) is 63.9 Å². The van der Waals surface area contributed by atoms with Gasteiger partial charge < -0.3 is 15.0 Å². The molecule has 1 heterocycles. The van der Waals surface area contributed by atoms with Crippen molar-refractivity contribution in [1.82, 2.24) is 9.97 Å². The molecule has 0 saturated carbocycles. The second kappa shape index (κ2) is 9.07. The Morgan fingerprint density at radius 3 is 2.23 bits per heavy atom. The van der Waals surface area contributed by atoms with Crippen molar-refractivity contribution in [3.8, 4) is 5.75 Å². The van der Waals surface area contributed by atoms with Gasteiger partial charge in [-0.3, -0.25) is 0 Å². The summed E-state index contributed by atoms with van der Waals surface area (Å²) in [6.07, 6.45) is -3.80. The summed E-state index contributed by atoms with van der Waals surface area (Å²) in [6, 6.07) is 14.2. The minimum atomic E-state index is -4.59. The topological polar surface area (TPSA) is 50.3 Å². The van der Waals surface area contributed by atoms with E-state index in [0.717, 1.165) is 15.5 Å². The lowest BCUT2D eigenvalue weighted by atomic mass is 10.2. The lowest BCUT2D eigenvalue weighted by molar-refractivity contribution is -0.137. The van der Waals surface area contributed by atoms with E-state index in [1.54, 1.807) is 36.2 Å². The molecular formula is C21H20F3IN4O. The molecule has 0 aliphatic carbocycles. The van der Waals surface area contributed by atoms with Gasteiger partial charge in [0.1, 0.15) is 17.1 Å². The van der Waals surface area contributed by atoms with Crippen LogP contribution >= 0.6 is 22.6 Å². The molecule has 3 rings (SSSR count). The van der Waals surface area contributed by atoms with Crippen LogP contribution in [0.25, 0.3) is 0 Å². The fourth-order valence-electron chi connectivity index (χ4n) is 2.64. The third kappa shape index (κ3) is 5.53. The first-order valence-corrected chi connectivity index (χ1v) is 10.2. The predicted molar refractivity (Wildman–Crippen MR) is 120 cm³/mol. The van der Waals surface area contributed by atoms with Crippen LogP contribution in [0.4, 0.5) is 36.3 Å². The molecule has 1 aromatic heterocycles. The highest BCUT2D eigenvalue weighted by Crippen LogP contribution is 2.36. The van der Waals surface area contributed by atoms with E-state index in [1.165, 1.54) is 0 Å². The van der Waals surface area contributed by atoms with Crippen molar-refractivity contribution in [2.75, 3.05) is 17.3 Å². The van der Waals surface area contributed by atoms with Crippen LogP contribution in [0, 0.1) is 3.57 Å². The third-order valence-corrected chi connectivity index (χ3v) is 4.80. The Hall–Kier alpha value is -2.56. The molecular weight excluding hydrogens is 508 g/mol. The maximum atomic E-state index is 13.5. The van der Waals surface area contributed by atoms with Gasteiger partial charge in [0.25, 0.3) is 0 Å². The molecule has 1 N–H and O–H groups in total. The van der Waals surface area contributed by atoms with Gasteiger partial charge in [0.15, 0.2) is 0 Å². The smallest absolute Gasteiger partial charge is 0.421 e. The van der Waals surface area contributed by atoms with Crippen LogP contribution in [0.2, 0.25) is 0 Å². The van der Waals surface area contributed by atoms with Gasteiger partial charge >= 0.3 is 6.18 Å². The average Bonchev–Trinajstić information content (AvgIpc) is 2.68. The summed E-state index contributed by atoms with van der Waals surface area (Å²) in [5.74, 6) is 0.460. The first-order valence-electron chi connectivity index (χ1n) is 9.11. The maximum Gasteiger partial charge on any atom is 0.421 e. The second-order valence-electron chi connectivity index (χ2n) is 6.78. The van der Waals surface area contributed by atoms with E-state index in [1.807, 2.05) is 38.1 Å². The number of aromatic nitrogens is 2. The van der Waals surface area contributed by atoms with E-state index < -0.39 is 11.7 Å². The lowest BCUT2D eigenvalue weighted by Gasteiger charge is -2.20. The highest BCUT2D eigenvalue weighted by Gasteiger charge is 2.35. The van der Waals surface area contributed by atoms with Crippen LogP contribution < -0.4 is 15.0 Å². The molecule has 0 aliphatic heterocycles. The normalized spacial score (nSPS) is 11.5. The molecule has 0 fully saturated rings. The molecule has 0 radical (unpaired) electrons. The van der Waals surface area contributed by atoms with E-state index in [0.29, 0.717) is 11.4 Å². The van der Waals surface area contributed by atoms with Crippen molar-refractivity contribution >= 4 is 45.7 Å². The standard InChI is InChI=1S/C21H20F3IN4O/c1-13(2)30-17-10-6-15(7-11-17)27-19-18(21(22,23)24)12-26-20(28-19)29(3)16-8-4-14(25)5-9-16/h4-13H,1-3H3,(H,26,27,28). The zero-order valence-electron chi connectivity index (χ0n) is 16.5. The third-order valence-electron chi connectivity index (χ3n) is 4.08. The number of nitrogens with zero attached hydrogens (tertiary/aromatic N) is 3. The summed E-state index contributed by atoms with van der Waals surface area (Å²) < 4.78 is 47.1. The van der Waals surface area contributed by atoms with Gasteiger partial charge in [-0.05, 0) is 85.0 Å². The molecule has 0 atom stereocenters. The molecule has 0 spiro atoms. The van der Waals surface area contributed by atoms with Gasteiger partial charge in [-0.25, -0.2) is 4.98 Å². The number of ether oxygens (including phenoxy) is 1. The van der Waals surface area contributed by atoms with Gasteiger partial charge in [0, 0.05) is 28.2 Å². The molecule has 158 valence electrons. The number of alkyl halides is 3. The van der Waals surface area contributed by atoms with Gasteiger partial charge in [0.2, 0.25) is 5.95 Å². The number of hydrogen-bond donors (Lipinski definition) is 1. The van der Waals surface area contributed by atoms with Crippen LogP contribution in [0.3, 0.4) is 0 Å². The summed E-state index contributed by atoms with van der Waals surface area (Å²) >= 11 is 2.18. The van der Waals surface area contributed by atoms with Crippen LogP contribution in [0.5, 0.6) is 5.75 Å². The Kier molecular flexibility index (Phi) is 6.69. The molecule has 3 aromatic rings. The highest BCUT2D eigenvalue weighted by molar-refractivity contribution is 14.1. The molecule has 30 heavy (non-hydrogen) atoms. The minimum absolute atomic E-state index is 0.00173. The summed E-state index contributed by atoms with van der Waals surface area (Å²) in [7, 11) is 1.70. The van der Waals surface area contributed by atoms with Crippen LogP contribution in [-0.4, -0.2) is 23.1 Å². The second-order valence-corrected chi connectivity index (χ2v) is 8.03. The molecule has 0 unspecified atom stereocenters. The Morgan fingerprint density at radius 1 is 1.03 bits per heavy atom. The highest BCUT2D eigenvalue weighted by atomic mass is 127. The number of halogens is 4. The van der Waals surface area contributed by atoms with Crippen molar-refractivity contribution in [2.45, 2.75) is 26.1 Å². The molecule has 5 nitrogen and oxygen atoms in total. The van der Waals surface area contributed by atoms with Crippen molar-refractivity contribution in [2.24, 2.45) is 0 Å². The fourth-order valence-corrected chi connectivity index (χ4v) is 3.00. The van der Waals surface area contributed by atoms with E-state index in [-0.39, 0.29) is 17.9 Å². The summed E-state index contributed by atoms with van der Waals surface area (Å²) in [5, 5.41) is 2.76. The van der Waals surface area contributed by atoms with Crippen molar-refractivity contribution in [1.29, 1.82) is 0 Å². The molecule has 2 aromatic carbocycles. The molecule has 9 heteroatoms. The predicted octanol–water partition coefficient (Wildman–Crippen LogP) is 6.40. The Labute approximate surface area is 186 Å². The lowest BCUT2D eigenvalue weighted by Crippen LogP contribution is -2.17. The van der Waals surface area contributed by atoms with E-state index in [9.17, 15) is 13.2 Å². The summed E-state index contributed by atoms with van der Waals surface area (Å²) in [6.45, 7) is 3.79. The van der Waals surface area contributed by atoms with Gasteiger partial charge in [-0.1, -0.05) is 0 Å². The quantitative estimate of drug-likeness (QED) is 0.376. The molecule has 0 bridgehead atoms. The average molecular weight is 528 g/mol. The van der Waals surface area contributed by atoms with Crippen LogP contribution in [0.1, 0.15) is 19.4 Å². The van der Waals surface area contributed by atoms with E-state index in [2.05, 4.69) is 37.9 Å². The van der Waals surface area contributed by atoms with E-state index >= 15 is 0 Å². The van der Waals surface area contributed by atoms with Crippen molar-refractivity contribution < 1.29 is 17.9 Å². The molecule has 0 aliphatic rings. The number of rotatable bonds is 6. The van der Waals surface area contributed by atoms with Crippen LogP contribution in [0.15, 0.2) is 54.7 Å². The SMILES string of the molecule is CC(C)Oc1ccc(Nc2nc(N(C)c3ccc(I)cc3)ncc2C(F)(F)F)cc1.